The summed E-state index contributed by atoms with van der Waals surface area (Å²) in [6, 6.07) is 0. The highest BCUT2D eigenvalue weighted by Gasteiger charge is 1.95. The molecule has 0 spiro atoms. The van der Waals surface area contributed by atoms with E-state index in [1.807, 2.05) is 36.5 Å². The first-order chi connectivity index (χ1) is 5.97. The first-order valence-corrected chi connectivity index (χ1v) is 3.79. The van der Waals surface area contributed by atoms with E-state index in [9.17, 15) is 0 Å². The van der Waals surface area contributed by atoms with Crippen LogP contribution in [0, 0.1) is 0 Å². The molecule has 0 saturated carbocycles. The number of rotatable bonds is 0. The lowest BCUT2D eigenvalue weighted by atomic mass is 10.1. The van der Waals surface area contributed by atoms with Gasteiger partial charge in [0.05, 0.1) is 12.4 Å². The van der Waals surface area contributed by atoms with Gasteiger partial charge in [0, 0.05) is 11.1 Å². The van der Waals surface area contributed by atoms with Crippen LogP contribution in [0.25, 0.3) is 12.2 Å². The van der Waals surface area contributed by atoms with Crippen LogP contribution in [0.4, 0.5) is 0 Å². The van der Waals surface area contributed by atoms with E-state index >= 15 is 0 Å². The predicted octanol–water partition coefficient (Wildman–Crippen LogP) is 2.07. The van der Waals surface area contributed by atoms with Gasteiger partial charge in [0.15, 0.2) is 0 Å². The molecule has 2 rings (SSSR count). The normalized spacial score (nSPS) is 16.3. The van der Waals surface area contributed by atoms with Crippen molar-refractivity contribution in [3.8, 4) is 0 Å². The van der Waals surface area contributed by atoms with Crippen molar-refractivity contribution < 1.29 is 0 Å². The van der Waals surface area contributed by atoms with Crippen LogP contribution in [0.5, 0.6) is 0 Å². The lowest BCUT2D eigenvalue weighted by molar-refractivity contribution is 1.02. The molecule has 0 bridgehead atoms. The zero-order valence-corrected chi connectivity index (χ0v) is 6.51. The fourth-order valence-corrected chi connectivity index (χ4v) is 1.07. The van der Waals surface area contributed by atoms with E-state index in [1.165, 1.54) is 0 Å². The van der Waals surface area contributed by atoms with Crippen LogP contribution in [0.2, 0.25) is 0 Å². The first kappa shape index (κ1) is 6.98. The third-order valence-electron chi connectivity index (χ3n) is 1.68. The summed E-state index contributed by atoms with van der Waals surface area (Å²) in [5.41, 5.74) is 2.20. The molecule has 2 nitrogen and oxygen atoms in total. The molecular formula is C10H8N2. The lowest BCUT2D eigenvalue weighted by Crippen LogP contribution is -1.86. The van der Waals surface area contributed by atoms with Crippen molar-refractivity contribution in [3.05, 3.63) is 47.8 Å². The molecule has 1 aromatic heterocycles. The summed E-state index contributed by atoms with van der Waals surface area (Å²) in [6.45, 7) is 0. The molecule has 0 aromatic carbocycles. The van der Waals surface area contributed by atoms with Crippen LogP contribution in [0.3, 0.4) is 0 Å². The van der Waals surface area contributed by atoms with Gasteiger partial charge in [-0.1, -0.05) is 36.5 Å². The quantitative estimate of drug-likeness (QED) is 0.574. The van der Waals surface area contributed by atoms with Gasteiger partial charge in [-0.3, -0.25) is 0 Å². The monoisotopic (exact) mass is 156 g/mol. The zero-order chi connectivity index (χ0) is 8.23. The maximum Gasteiger partial charge on any atom is 0.0574 e. The topological polar surface area (TPSA) is 25.8 Å². The van der Waals surface area contributed by atoms with Gasteiger partial charge in [0.2, 0.25) is 0 Å². The summed E-state index contributed by atoms with van der Waals surface area (Å²) >= 11 is 0. The Balaban J connectivity index is 2.54. The maximum absolute atomic E-state index is 3.81. The van der Waals surface area contributed by atoms with Crippen molar-refractivity contribution in [3.63, 3.8) is 0 Å². The van der Waals surface area contributed by atoms with Gasteiger partial charge in [0.1, 0.15) is 0 Å². The van der Waals surface area contributed by atoms with Gasteiger partial charge >= 0.3 is 0 Å². The number of nitrogens with zero attached hydrogens (tertiary/aromatic N) is 2. The minimum atomic E-state index is 1.10. The fraction of sp³-hybridized carbons (Fsp3) is 0. The van der Waals surface area contributed by atoms with Crippen molar-refractivity contribution in [1.29, 1.82) is 0 Å². The second-order valence-electron chi connectivity index (χ2n) is 2.50. The van der Waals surface area contributed by atoms with E-state index in [1.54, 1.807) is 12.4 Å². The van der Waals surface area contributed by atoms with Crippen molar-refractivity contribution in [2.75, 3.05) is 0 Å². The Hall–Kier alpha value is -1.70. The Morgan fingerprint density at radius 3 is 1.67 bits per heavy atom. The minimum Gasteiger partial charge on any atom is -0.158 e. The number of hydrogen-bond donors (Lipinski definition) is 0. The number of aromatic nitrogens is 2. The molecule has 1 aromatic rings. The van der Waals surface area contributed by atoms with Gasteiger partial charge < -0.3 is 0 Å². The number of fused-ring (bicyclic) bond motifs is 1. The Morgan fingerprint density at radius 1 is 0.667 bits per heavy atom. The van der Waals surface area contributed by atoms with E-state index in [4.69, 9.17) is 0 Å². The standard InChI is InChI=1S/C10H8N2/c1-2-4-6-10-8-12-11-7-9(10)5-3-1/h1-8H/b2-1?,3-1?,4-2?,5-3-,6-4?,9-5?,10-6?. The highest BCUT2D eigenvalue weighted by molar-refractivity contribution is 5.66. The molecular weight excluding hydrogens is 148 g/mol. The smallest absolute Gasteiger partial charge is 0.0574 e. The van der Waals surface area contributed by atoms with Crippen LogP contribution in [0.15, 0.2) is 36.7 Å². The molecule has 0 radical (unpaired) electrons. The second-order valence-corrected chi connectivity index (χ2v) is 2.50. The summed E-state index contributed by atoms with van der Waals surface area (Å²) in [7, 11) is 0. The van der Waals surface area contributed by atoms with Gasteiger partial charge in [0.25, 0.3) is 0 Å². The van der Waals surface area contributed by atoms with E-state index in [0.29, 0.717) is 0 Å². The average molecular weight is 156 g/mol. The summed E-state index contributed by atoms with van der Waals surface area (Å²) in [4.78, 5) is 0. The predicted molar refractivity (Wildman–Crippen MR) is 49.2 cm³/mol. The summed E-state index contributed by atoms with van der Waals surface area (Å²) in [5, 5.41) is 7.62. The number of allylic oxidation sites excluding steroid dienone is 4. The maximum atomic E-state index is 3.81. The van der Waals surface area contributed by atoms with Gasteiger partial charge in [-0.2, -0.15) is 10.2 Å². The minimum absolute atomic E-state index is 1.10. The Labute approximate surface area is 71.0 Å². The Bertz CT molecular complexity index is 327. The van der Waals surface area contributed by atoms with Gasteiger partial charge in [-0.25, -0.2) is 0 Å². The average Bonchev–Trinajstić information content (AvgIpc) is 2.06. The van der Waals surface area contributed by atoms with Crippen LogP contribution >= 0.6 is 0 Å². The molecule has 0 atom stereocenters. The van der Waals surface area contributed by atoms with Crippen molar-refractivity contribution in [1.82, 2.24) is 10.2 Å². The Morgan fingerprint density at radius 2 is 1.17 bits per heavy atom. The van der Waals surface area contributed by atoms with Gasteiger partial charge in [-0.05, 0) is 0 Å². The molecule has 58 valence electrons. The molecule has 0 fully saturated rings. The number of hydrogen-bond acceptors (Lipinski definition) is 2. The van der Waals surface area contributed by atoms with Crippen molar-refractivity contribution >= 4 is 12.2 Å². The lowest BCUT2D eigenvalue weighted by Gasteiger charge is -1.98. The van der Waals surface area contributed by atoms with Gasteiger partial charge in [-0.15, -0.1) is 0 Å². The molecule has 0 N–H and O–H groups in total. The molecule has 0 saturated heterocycles. The first-order valence-electron chi connectivity index (χ1n) is 3.79. The zero-order valence-electron chi connectivity index (χ0n) is 6.51. The van der Waals surface area contributed by atoms with E-state index < -0.39 is 0 Å². The molecule has 0 aliphatic heterocycles. The molecule has 1 aliphatic carbocycles. The summed E-state index contributed by atoms with van der Waals surface area (Å²) < 4.78 is 0. The Kier molecular flexibility index (Phi) is 1.82. The molecule has 12 heavy (non-hydrogen) atoms. The summed E-state index contributed by atoms with van der Waals surface area (Å²) in [6.07, 6.45) is 15.5. The van der Waals surface area contributed by atoms with Crippen LogP contribution in [-0.2, 0) is 0 Å². The third-order valence-corrected chi connectivity index (χ3v) is 1.68. The highest BCUT2D eigenvalue weighted by Crippen LogP contribution is 2.11. The van der Waals surface area contributed by atoms with E-state index in [-0.39, 0.29) is 0 Å². The van der Waals surface area contributed by atoms with Crippen LogP contribution in [0.1, 0.15) is 11.1 Å². The third kappa shape index (κ3) is 1.32. The molecule has 2 heteroatoms. The second kappa shape index (κ2) is 3.13. The SMILES string of the molecule is C1=C/C=C\c2cnncc2C=C1. The molecule has 0 unspecified atom stereocenters. The van der Waals surface area contributed by atoms with E-state index in [0.717, 1.165) is 11.1 Å². The van der Waals surface area contributed by atoms with Crippen molar-refractivity contribution in [2.24, 2.45) is 0 Å². The fourth-order valence-electron chi connectivity index (χ4n) is 1.07. The molecule has 1 aliphatic rings. The highest BCUT2D eigenvalue weighted by atomic mass is 15.1. The molecule has 1 heterocycles. The van der Waals surface area contributed by atoms with E-state index in [2.05, 4.69) is 10.2 Å². The molecule has 0 amide bonds. The largest absolute Gasteiger partial charge is 0.158 e. The van der Waals surface area contributed by atoms with Crippen molar-refractivity contribution in [2.45, 2.75) is 0 Å². The summed E-state index contributed by atoms with van der Waals surface area (Å²) in [5.74, 6) is 0. The van der Waals surface area contributed by atoms with Crippen LogP contribution < -0.4 is 0 Å². The van der Waals surface area contributed by atoms with Crippen LogP contribution in [-0.4, -0.2) is 10.2 Å².